The highest BCUT2D eigenvalue weighted by molar-refractivity contribution is 9.10. The highest BCUT2D eigenvalue weighted by Crippen LogP contribution is 2.25. The summed E-state index contributed by atoms with van der Waals surface area (Å²) < 4.78 is 6.35. The molecule has 1 amide bonds. The number of benzene rings is 1. The van der Waals surface area contributed by atoms with Gasteiger partial charge in [0, 0.05) is 16.6 Å². The van der Waals surface area contributed by atoms with Crippen LogP contribution in [0.2, 0.25) is 0 Å². The van der Waals surface area contributed by atoms with Gasteiger partial charge in [-0.05, 0) is 37.6 Å². The Balaban J connectivity index is 3.08. The number of hydrogen-bond donors (Lipinski definition) is 1. The van der Waals surface area contributed by atoms with Crippen LogP contribution in [-0.2, 0) is 4.79 Å². The molecule has 0 saturated heterocycles. The van der Waals surface area contributed by atoms with Crippen molar-refractivity contribution in [1.29, 1.82) is 5.26 Å². The molecule has 0 heterocycles. The van der Waals surface area contributed by atoms with Crippen molar-refractivity contribution < 1.29 is 9.53 Å². The predicted molar refractivity (Wildman–Crippen MR) is 82.2 cm³/mol. The molecule has 0 atom stereocenters. The SMILES string of the molecule is CCCNC(=O)/C(C#N)=C\c1cc(Br)ccc1OCC. The molecule has 0 bridgehead atoms. The van der Waals surface area contributed by atoms with Gasteiger partial charge in [0.2, 0.25) is 0 Å². The van der Waals surface area contributed by atoms with Crippen molar-refractivity contribution >= 4 is 27.9 Å². The number of halogens is 1. The van der Waals surface area contributed by atoms with Gasteiger partial charge in [0.1, 0.15) is 17.4 Å². The third-order valence-corrected chi connectivity index (χ3v) is 2.97. The summed E-state index contributed by atoms with van der Waals surface area (Å²) in [6, 6.07) is 7.40. The Morgan fingerprint density at radius 3 is 2.85 bits per heavy atom. The molecule has 5 heteroatoms. The monoisotopic (exact) mass is 336 g/mol. The van der Waals surface area contributed by atoms with E-state index in [1.54, 1.807) is 12.1 Å². The molecule has 106 valence electrons. The zero-order valence-electron chi connectivity index (χ0n) is 11.6. The molecular weight excluding hydrogens is 320 g/mol. The van der Waals surface area contributed by atoms with E-state index in [0.29, 0.717) is 24.5 Å². The van der Waals surface area contributed by atoms with E-state index in [4.69, 9.17) is 10.00 Å². The largest absolute Gasteiger partial charge is 0.493 e. The molecular formula is C15H17BrN2O2. The molecule has 4 nitrogen and oxygen atoms in total. The highest BCUT2D eigenvalue weighted by atomic mass is 79.9. The van der Waals surface area contributed by atoms with E-state index in [2.05, 4.69) is 21.2 Å². The number of carbonyl (C=O) groups is 1. The summed E-state index contributed by atoms with van der Waals surface area (Å²) in [5, 5.41) is 11.8. The fraction of sp³-hybridized carbons (Fsp3) is 0.333. The van der Waals surface area contributed by atoms with Gasteiger partial charge in [-0.1, -0.05) is 22.9 Å². The van der Waals surface area contributed by atoms with Gasteiger partial charge in [-0.25, -0.2) is 0 Å². The fourth-order valence-electron chi connectivity index (χ4n) is 1.56. The van der Waals surface area contributed by atoms with Crippen LogP contribution >= 0.6 is 15.9 Å². The van der Waals surface area contributed by atoms with Gasteiger partial charge in [-0.15, -0.1) is 0 Å². The topological polar surface area (TPSA) is 62.1 Å². The first-order valence-electron chi connectivity index (χ1n) is 6.44. The average Bonchev–Trinajstić information content (AvgIpc) is 2.44. The van der Waals surface area contributed by atoms with Gasteiger partial charge in [-0.3, -0.25) is 4.79 Å². The number of nitriles is 1. The van der Waals surface area contributed by atoms with Crippen molar-refractivity contribution in [2.75, 3.05) is 13.2 Å². The molecule has 0 aliphatic heterocycles. The Labute approximate surface area is 127 Å². The Morgan fingerprint density at radius 1 is 1.50 bits per heavy atom. The van der Waals surface area contributed by atoms with Crippen LogP contribution in [0.3, 0.4) is 0 Å². The van der Waals surface area contributed by atoms with Crippen LogP contribution in [-0.4, -0.2) is 19.1 Å². The molecule has 1 N–H and O–H groups in total. The second-order valence-electron chi connectivity index (χ2n) is 4.04. The van der Waals surface area contributed by atoms with Gasteiger partial charge in [0.25, 0.3) is 5.91 Å². The highest BCUT2D eigenvalue weighted by Gasteiger charge is 2.10. The lowest BCUT2D eigenvalue weighted by atomic mass is 10.1. The standard InChI is InChI=1S/C15H17BrN2O2/c1-3-7-18-15(19)12(10-17)8-11-9-13(16)5-6-14(11)20-4-2/h5-6,8-9H,3-4,7H2,1-2H3,(H,18,19)/b12-8-. The van der Waals surface area contributed by atoms with Crippen molar-refractivity contribution in [2.45, 2.75) is 20.3 Å². The molecule has 0 unspecified atom stereocenters. The number of rotatable bonds is 6. The molecule has 0 aromatic heterocycles. The maximum absolute atomic E-state index is 11.8. The third-order valence-electron chi connectivity index (χ3n) is 2.47. The minimum atomic E-state index is -0.364. The molecule has 20 heavy (non-hydrogen) atoms. The number of hydrogen-bond acceptors (Lipinski definition) is 3. The normalized spacial score (nSPS) is 10.8. The van der Waals surface area contributed by atoms with E-state index >= 15 is 0 Å². The Hall–Kier alpha value is -1.80. The lowest BCUT2D eigenvalue weighted by Gasteiger charge is -2.08. The summed E-state index contributed by atoms with van der Waals surface area (Å²) in [5.74, 6) is 0.281. The van der Waals surface area contributed by atoms with E-state index in [-0.39, 0.29) is 11.5 Å². The van der Waals surface area contributed by atoms with Crippen molar-refractivity contribution in [2.24, 2.45) is 0 Å². The average molecular weight is 337 g/mol. The summed E-state index contributed by atoms with van der Waals surface area (Å²) in [5.41, 5.74) is 0.766. The Kier molecular flexibility index (Phi) is 6.82. The minimum Gasteiger partial charge on any atom is -0.493 e. The fourth-order valence-corrected chi connectivity index (χ4v) is 1.94. The van der Waals surface area contributed by atoms with Gasteiger partial charge in [0.05, 0.1) is 6.61 Å². The predicted octanol–water partition coefficient (Wildman–Crippen LogP) is 3.28. The van der Waals surface area contributed by atoms with Crippen molar-refractivity contribution in [3.63, 3.8) is 0 Å². The molecule has 0 saturated carbocycles. The van der Waals surface area contributed by atoms with Crippen molar-refractivity contribution in [1.82, 2.24) is 5.32 Å². The lowest BCUT2D eigenvalue weighted by molar-refractivity contribution is -0.117. The van der Waals surface area contributed by atoms with Crippen LogP contribution in [0.5, 0.6) is 5.75 Å². The molecule has 0 fully saturated rings. The first kappa shape index (κ1) is 16.3. The second-order valence-corrected chi connectivity index (χ2v) is 4.96. The molecule has 1 aromatic carbocycles. The van der Waals surface area contributed by atoms with Crippen LogP contribution in [0.25, 0.3) is 6.08 Å². The van der Waals surface area contributed by atoms with Crippen LogP contribution < -0.4 is 10.1 Å². The maximum atomic E-state index is 11.8. The zero-order valence-corrected chi connectivity index (χ0v) is 13.2. The first-order valence-corrected chi connectivity index (χ1v) is 7.24. The number of amides is 1. The van der Waals surface area contributed by atoms with Gasteiger partial charge in [0.15, 0.2) is 0 Å². The molecule has 1 aromatic rings. The lowest BCUT2D eigenvalue weighted by Crippen LogP contribution is -2.25. The second kappa shape index (κ2) is 8.39. The van der Waals surface area contributed by atoms with E-state index in [1.165, 1.54) is 0 Å². The van der Waals surface area contributed by atoms with E-state index in [9.17, 15) is 4.79 Å². The van der Waals surface area contributed by atoms with Crippen LogP contribution in [0, 0.1) is 11.3 Å². The van der Waals surface area contributed by atoms with Gasteiger partial charge in [-0.2, -0.15) is 5.26 Å². The van der Waals surface area contributed by atoms with E-state index < -0.39 is 0 Å². The third kappa shape index (κ3) is 4.71. The smallest absolute Gasteiger partial charge is 0.261 e. The van der Waals surface area contributed by atoms with Crippen LogP contribution in [0.15, 0.2) is 28.2 Å². The van der Waals surface area contributed by atoms with Crippen molar-refractivity contribution in [3.05, 3.63) is 33.8 Å². The zero-order chi connectivity index (χ0) is 15.0. The molecule has 0 radical (unpaired) electrons. The maximum Gasteiger partial charge on any atom is 0.261 e. The van der Waals surface area contributed by atoms with Crippen molar-refractivity contribution in [3.8, 4) is 11.8 Å². The summed E-state index contributed by atoms with van der Waals surface area (Å²) in [6.45, 7) is 4.91. The molecule has 0 spiro atoms. The van der Waals surface area contributed by atoms with E-state index in [0.717, 1.165) is 10.9 Å². The summed E-state index contributed by atoms with van der Waals surface area (Å²) >= 11 is 3.37. The molecule has 0 aliphatic carbocycles. The van der Waals surface area contributed by atoms with Crippen LogP contribution in [0.4, 0.5) is 0 Å². The summed E-state index contributed by atoms with van der Waals surface area (Å²) in [6.07, 6.45) is 2.37. The first-order chi connectivity index (χ1) is 9.62. The summed E-state index contributed by atoms with van der Waals surface area (Å²) in [4.78, 5) is 11.8. The number of carbonyl (C=O) groups excluding carboxylic acids is 1. The number of nitrogens with one attached hydrogen (secondary N) is 1. The van der Waals surface area contributed by atoms with Crippen LogP contribution in [0.1, 0.15) is 25.8 Å². The van der Waals surface area contributed by atoms with Gasteiger partial charge < -0.3 is 10.1 Å². The quantitative estimate of drug-likeness (QED) is 0.640. The van der Waals surface area contributed by atoms with E-state index in [1.807, 2.05) is 32.0 Å². The summed E-state index contributed by atoms with van der Waals surface area (Å²) in [7, 11) is 0. The molecule has 0 aliphatic rings. The number of nitrogens with zero attached hydrogens (tertiary/aromatic N) is 1. The Morgan fingerprint density at radius 2 is 2.25 bits per heavy atom. The molecule has 1 rings (SSSR count). The Bertz CT molecular complexity index is 547. The van der Waals surface area contributed by atoms with Gasteiger partial charge >= 0.3 is 0 Å². The number of ether oxygens (including phenoxy) is 1. The minimum absolute atomic E-state index is 0.0671.